The molecule has 0 heterocycles. The smallest absolute Gasteiger partial charge is 0.320 e. The molecule has 3 nitrogen and oxygen atoms in total. The molecule has 0 atom stereocenters. The Balaban J connectivity index is 3.50. The molecule has 3 heteroatoms. The lowest BCUT2D eigenvalue weighted by Crippen LogP contribution is -2.32. The fourth-order valence-corrected chi connectivity index (χ4v) is 0.762. The van der Waals surface area contributed by atoms with Gasteiger partial charge in [-0.25, -0.2) is 0 Å². The van der Waals surface area contributed by atoms with Gasteiger partial charge in [-0.05, 0) is 27.3 Å². The van der Waals surface area contributed by atoms with Crippen LogP contribution >= 0.6 is 0 Å². The van der Waals surface area contributed by atoms with E-state index >= 15 is 0 Å². The van der Waals surface area contributed by atoms with Crippen LogP contribution in [-0.2, 0) is 9.53 Å². The predicted octanol–water partition coefficient (Wildman–Crippen LogP) is 1.67. The van der Waals surface area contributed by atoms with E-state index in [1.165, 1.54) is 0 Å². The Morgan fingerprint density at radius 3 is 2.54 bits per heavy atom. The molecule has 0 amide bonds. The Kier molecular flexibility index (Phi) is 6.59. The largest absolute Gasteiger partial charge is 0.465 e. The average molecular weight is 187 g/mol. The van der Waals surface area contributed by atoms with Crippen molar-refractivity contribution < 1.29 is 9.53 Å². The summed E-state index contributed by atoms with van der Waals surface area (Å²) < 4.78 is 5.02. The number of carbonyl (C=O) groups excluding carboxylic acids is 1. The lowest BCUT2D eigenvalue weighted by atomic mass is 10.3. The highest BCUT2D eigenvalue weighted by Crippen LogP contribution is 1.95. The maximum atomic E-state index is 11.2. The van der Waals surface area contributed by atoms with E-state index in [1.807, 2.05) is 11.9 Å². The van der Waals surface area contributed by atoms with Gasteiger partial charge in [0.05, 0.1) is 13.2 Å². The van der Waals surface area contributed by atoms with E-state index in [2.05, 4.69) is 20.8 Å². The van der Waals surface area contributed by atoms with Gasteiger partial charge in [0.25, 0.3) is 0 Å². The summed E-state index contributed by atoms with van der Waals surface area (Å²) in [5.41, 5.74) is 0. The third-order valence-corrected chi connectivity index (χ3v) is 2.02. The normalized spacial score (nSPS) is 10.9. The fourth-order valence-electron chi connectivity index (χ4n) is 0.762. The zero-order chi connectivity index (χ0) is 10.3. The summed E-state index contributed by atoms with van der Waals surface area (Å²) in [5.74, 6) is -0.121. The number of rotatable bonds is 6. The van der Waals surface area contributed by atoms with Crippen molar-refractivity contribution in [2.24, 2.45) is 0 Å². The van der Waals surface area contributed by atoms with Crippen molar-refractivity contribution in [3.05, 3.63) is 0 Å². The summed E-state index contributed by atoms with van der Waals surface area (Å²) in [4.78, 5) is 13.1. The Hall–Kier alpha value is -0.570. The number of esters is 1. The van der Waals surface area contributed by atoms with E-state index in [-0.39, 0.29) is 5.97 Å². The Morgan fingerprint density at radius 2 is 2.08 bits per heavy atom. The number of unbranched alkanes of at least 4 members (excludes halogenated alkanes) is 1. The zero-order valence-electron chi connectivity index (χ0n) is 9.17. The second-order valence-corrected chi connectivity index (χ2v) is 3.58. The number of likely N-dealkylation sites (N-methyl/N-ethyl adjacent to an activating group) is 1. The Morgan fingerprint density at radius 1 is 1.46 bits per heavy atom. The average Bonchev–Trinajstić information content (AvgIpc) is 2.04. The number of nitrogens with zero attached hydrogens (tertiary/aromatic N) is 1. The van der Waals surface area contributed by atoms with Crippen molar-refractivity contribution in [2.75, 3.05) is 20.2 Å². The van der Waals surface area contributed by atoms with Gasteiger partial charge in [-0.3, -0.25) is 9.69 Å². The summed E-state index contributed by atoms with van der Waals surface area (Å²) in [6, 6.07) is 0.388. The lowest BCUT2D eigenvalue weighted by Gasteiger charge is -2.19. The molecule has 0 aliphatic heterocycles. The highest BCUT2D eigenvalue weighted by atomic mass is 16.5. The first-order chi connectivity index (χ1) is 6.07. The van der Waals surface area contributed by atoms with Crippen LogP contribution < -0.4 is 0 Å². The van der Waals surface area contributed by atoms with Crippen LogP contribution in [0.4, 0.5) is 0 Å². The minimum absolute atomic E-state index is 0.121. The molecule has 0 aromatic carbocycles. The quantitative estimate of drug-likeness (QED) is 0.468. The van der Waals surface area contributed by atoms with Crippen LogP contribution in [0.3, 0.4) is 0 Å². The maximum Gasteiger partial charge on any atom is 0.320 e. The number of ether oxygens (including phenoxy) is 1. The molecule has 0 fully saturated rings. The third-order valence-electron chi connectivity index (χ3n) is 2.02. The molecule has 0 aromatic heterocycles. The van der Waals surface area contributed by atoms with Gasteiger partial charge in [-0.2, -0.15) is 0 Å². The van der Waals surface area contributed by atoms with Gasteiger partial charge >= 0.3 is 5.97 Å². The first-order valence-electron chi connectivity index (χ1n) is 4.93. The van der Waals surface area contributed by atoms with Crippen LogP contribution in [0.25, 0.3) is 0 Å². The standard InChI is InChI=1S/C10H21NO2/c1-5-6-7-13-10(12)8-11(4)9(2)3/h9H,5-8H2,1-4H3. The monoisotopic (exact) mass is 187 g/mol. The van der Waals surface area contributed by atoms with E-state index < -0.39 is 0 Å². The second-order valence-electron chi connectivity index (χ2n) is 3.58. The van der Waals surface area contributed by atoms with Crippen LogP contribution in [0.2, 0.25) is 0 Å². The number of hydrogen-bond acceptors (Lipinski definition) is 3. The van der Waals surface area contributed by atoms with Gasteiger partial charge in [0.15, 0.2) is 0 Å². The van der Waals surface area contributed by atoms with E-state index in [0.29, 0.717) is 19.2 Å². The summed E-state index contributed by atoms with van der Waals surface area (Å²) in [6.45, 7) is 7.13. The molecule has 0 spiro atoms. The Bertz CT molecular complexity index is 146. The van der Waals surface area contributed by atoms with E-state index in [4.69, 9.17) is 4.74 Å². The van der Waals surface area contributed by atoms with Crippen LogP contribution in [-0.4, -0.2) is 37.1 Å². The Labute approximate surface area is 81.1 Å². The van der Waals surface area contributed by atoms with Gasteiger partial charge in [-0.1, -0.05) is 13.3 Å². The van der Waals surface area contributed by atoms with Crippen LogP contribution in [0.1, 0.15) is 33.6 Å². The summed E-state index contributed by atoms with van der Waals surface area (Å²) in [5, 5.41) is 0. The van der Waals surface area contributed by atoms with Gasteiger partial charge in [-0.15, -0.1) is 0 Å². The molecule has 0 N–H and O–H groups in total. The first-order valence-corrected chi connectivity index (χ1v) is 4.93. The van der Waals surface area contributed by atoms with Crippen LogP contribution in [0.5, 0.6) is 0 Å². The maximum absolute atomic E-state index is 11.2. The van der Waals surface area contributed by atoms with Crippen molar-refractivity contribution in [3.63, 3.8) is 0 Å². The third kappa shape index (κ3) is 6.58. The van der Waals surface area contributed by atoms with Gasteiger partial charge in [0, 0.05) is 6.04 Å². The first kappa shape index (κ1) is 12.4. The molecule has 13 heavy (non-hydrogen) atoms. The van der Waals surface area contributed by atoms with Crippen molar-refractivity contribution in [1.29, 1.82) is 0 Å². The van der Waals surface area contributed by atoms with E-state index in [1.54, 1.807) is 0 Å². The molecule has 78 valence electrons. The molecular weight excluding hydrogens is 166 g/mol. The minimum atomic E-state index is -0.121. The predicted molar refractivity (Wildman–Crippen MR) is 53.6 cm³/mol. The molecule has 0 aliphatic carbocycles. The lowest BCUT2D eigenvalue weighted by molar-refractivity contribution is -0.145. The highest BCUT2D eigenvalue weighted by molar-refractivity contribution is 5.71. The second kappa shape index (κ2) is 6.89. The molecule has 0 bridgehead atoms. The van der Waals surface area contributed by atoms with Crippen molar-refractivity contribution in [2.45, 2.75) is 39.7 Å². The highest BCUT2D eigenvalue weighted by Gasteiger charge is 2.09. The number of carbonyl (C=O) groups is 1. The van der Waals surface area contributed by atoms with Crippen molar-refractivity contribution in [3.8, 4) is 0 Å². The van der Waals surface area contributed by atoms with Crippen LogP contribution in [0, 0.1) is 0 Å². The van der Waals surface area contributed by atoms with Gasteiger partial charge in [0.2, 0.25) is 0 Å². The molecule has 0 unspecified atom stereocenters. The van der Waals surface area contributed by atoms with Gasteiger partial charge in [0.1, 0.15) is 0 Å². The summed E-state index contributed by atoms with van der Waals surface area (Å²) in [7, 11) is 1.92. The van der Waals surface area contributed by atoms with E-state index in [9.17, 15) is 4.79 Å². The molecular formula is C10H21NO2. The fraction of sp³-hybridized carbons (Fsp3) is 0.900. The number of hydrogen-bond donors (Lipinski definition) is 0. The summed E-state index contributed by atoms with van der Waals surface area (Å²) >= 11 is 0. The topological polar surface area (TPSA) is 29.5 Å². The molecule has 0 rings (SSSR count). The molecule has 0 saturated carbocycles. The molecule has 0 aromatic rings. The zero-order valence-corrected chi connectivity index (χ0v) is 9.17. The van der Waals surface area contributed by atoms with E-state index in [0.717, 1.165) is 12.8 Å². The molecule has 0 saturated heterocycles. The molecule has 0 aliphatic rings. The van der Waals surface area contributed by atoms with Crippen molar-refractivity contribution >= 4 is 5.97 Å². The SMILES string of the molecule is CCCCOC(=O)CN(C)C(C)C. The minimum Gasteiger partial charge on any atom is -0.465 e. The van der Waals surface area contributed by atoms with Crippen molar-refractivity contribution in [1.82, 2.24) is 4.90 Å². The van der Waals surface area contributed by atoms with Crippen LogP contribution in [0.15, 0.2) is 0 Å². The molecule has 0 radical (unpaired) electrons. The van der Waals surface area contributed by atoms with Gasteiger partial charge < -0.3 is 4.74 Å². The summed E-state index contributed by atoms with van der Waals surface area (Å²) in [6.07, 6.45) is 2.02.